The van der Waals surface area contributed by atoms with Crippen LogP contribution in [0.2, 0.25) is 0 Å². The SMILES string of the molecule is CC(O)C1C(=O)N(Cc2ccco2)C1CCC(=O)O. The zero-order chi connectivity index (χ0) is 14.0. The number of nitrogens with zero attached hydrogens (tertiary/aromatic N) is 1. The van der Waals surface area contributed by atoms with Crippen molar-refractivity contribution >= 4 is 11.9 Å². The van der Waals surface area contributed by atoms with Crippen LogP contribution < -0.4 is 0 Å². The van der Waals surface area contributed by atoms with E-state index in [9.17, 15) is 14.7 Å². The summed E-state index contributed by atoms with van der Waals surface area (Å²) in [6, 6.07) is 3.25. The summed E-state index contributed by atoms with van der Waals surface area (Å²) in [4.78, 5) is 24.2. The van der Waals surface area contributed by atoms with Crippen LogP contribution in [0, 0.1) is 5.92 Å². The molecule has 19 heavy (non-hydrogen) atoms. The first-order valence-electron chi connectivity index (χ1n) is 6.23. The van der Waals surface area contributed by atoms with Gasteiger partial charge in [-0.15, -0.1) is 0 Å². The van der Waals surface area contributed by atoms with Gasteiger partial charge in [0.1, 0.15) is 5.76 Å². The molecule has 1 aromatic heterocycles. The van der Waals surface area contributed by atoms with Gasteiger partial charge < -0.3 is 19.5 Å². The van der Waals surface area contributed by atoms with Crippen LogP contribution in [0.4, 0.5) is 0 Å². The second-order valence-electron chi connectivity index (χ2n) is 4.81. The Hall–Kier alpha value is -1.82. The van der Waals surface area contributed by atoms with Gasteiger partial charge in [0.2, 0.25) is 5.91 Å². The third-order valence-electron chi connectivity index (χ3n) is 3.46. The Labute approximate surface area is 110 Å². The molecule has 2 N–H and O–H groups in total. The van der Waals surface area contributed by atoms with Gasteiger partial charge >= 0.3 is 5.97 Å². The number of furan rings is 1. The number of amides is 1. The number of carboxylic acid groups (broad SMARTS) is 1. The number of aliphatic hydroxyl groups is 1. The van der Waals surface area contributed by atoms with E-state index in [0.29, 0.717) is 18.7 Å². The van der Waals surface area contributed by atoms with Crippen molar-refractivity contribution in [2.75, 3.05) is 0 Å². The molecule has 0 spiro atoms. The highest BCUT2D eigenvalue weighted by molar-refractivity contribution is 5.86. The van der Waals surface area contributed by atoms with E-state index < -0.39 is 18.0 Å². The molecule has 1 fully saturated rings. The Morgan fingerprint density at radius 2 is 2.32 bits per heavy atom. The lowest BCUT2D eigenvalue weighted by Crippen LogP contribution is -2.63. The molecule has 6 nitrogen and oxygen atoms in total. The molecule has 3 unspecified atom stereocenters. The summed E-state index contributed by atoms with van der Waals surface area (Å²) in [5.41, 5.74) is 0. The molecule has 3 atom stereocenters. The summed E-state index contributed by atoms with van der Waals surface area (Å²) < 4.78 is 5.19. The van der Waals surface area contributed by atoms with Crippen LogP contribution in [-0.4, -0.2) is 39.1 Å². The third-order valence-corrected chi connectivity index (χ3v) is 3.46. The maximum absolute atomic E-state index is 12.0. The number of carbonyl (C=O) groups excluding carboxylic acids is 1. The zero-order valence-electron chi connectivity index (χ0n) is 10.7. The summed E-state index contributed by atoms with van der Waals surface area (Å²) in [7, 11) is 0. The highest BCUT2D eigenvalue weighted by Crippen LogP contribution is 2.34. The Morgan fingerprint density at radius 1 is 1.58 bits per heavy atom. The second kappa shape index (κ2) is 5.44. The van der Waals surface area contributed by atoms with Crippen molar-refractivity contribution in [2.45, 2.75) is 38.5 Å². The van der Waals surface area contributed by atoms with Crippen molar-refractivity contribution in [1.82, 2.24) is 4.90 Å². The van der Waals surface area contributed by atoms with Crippen molar-refractivity contribution in [3.63, 3.8) is 0 Å². The first-order chi connectivity index (χ1) is 9.00. The molecule has 0 bridgehead atoms. The topological polar surface area (TPSA) is 91.0 Å². The molecule has 1 saturated heterocycles. The van der Waals surface area contributed by atoms with Gasteiger partial charge in [-0.25, -0.2) is 0 Å². The lowest BCUT2D eigenvalue weighted by atomic mass is 9.80. The van der Waals surface area contributed by atoms with Gasteiger partial charge in [0, 0.05) is 12.5 Å². The Bertz CT molecular complexity index is 454. The highest BCUT2D eigenvalue weighted by atomic mass is 16.4. The number of aliphatic carboxylic acids is 1. The monoisotopic (exact) mass is 267 g/mol. The molecule has 1 aromatic rings. The molecule has 0 aromatic carbocycles. The van der Waals surface area contributed by atoms with Crippen LogP contribution in [0.1, 0.15) is 25.5 Å². The molecule has 0 saturated carbocycles. The highest BCUT2D eigenvalue weighted by Gasteiger charge is 2.49. The van der Waals surface area contributed by atoms with Crippen LogP contribution >= 0.6 is 0 Å². The van der Waals surface area contributed by atoms with E-state index in [1.165, 1.54) is 6.26 Å². The lowest BCUT2D eigenvalue weighted by molar-refractivity contribution is -0.167. The van der Waals surface area contributed by atoms with Gasteiger partial charge in [-0.1, -0.05) is 0 Å². The number of hydrogen-bond acceptors (Lipinski definition) is 4. The van der Waals surface area contributed by atoms with E-state index in [-0.39, 0.29) is 18.4 Å². The number of β-lactam (4-membered cyclic amide) rings is 1. The number of rotatable bonds is 6. The lowest BCUT2D eigenvalue weighted by Gasteiger charge is -2.48. The zero-order valence-corrected chi connectivity index (χ0v) is 10.7. The minimum absolute atomic E-state index is 0.0180. The van der Waals surface area contributed by atoms with E-state index in [1.807, 2.05) is 0 Å². The fourth-order valence-electron chi connectivity index (χ4n) is 2.53. The first kappa shape index (κ1) is 13.6. The van der Waals surface area contributed by atoms with E-state index >= 15 is 0 Å². The number of carboxylic acids is 1. The van der Waals surface area contributed by atoms with E-state index in [4.69, 9.17) is 9.52 Å². The van der Waals surface area contributed by atoms with Crippen LogP contribution in [0.5, 0.6) is 0 Å². The number of likely N-dealkylation sites (tertiary alicyclic amines) is 1. The maximum Gasteiger partial charge on any atom is 0.303 e. The summed E-state index contributed by atoms with van der Waals surface area (Å²) in [6.45, 7) is 1.87. The molecule has 1 amide bonds. The van der Waals surface area contributed by atoms with Gasteiger partial charge in [-0.05, 0) is 25.5 Å². The minimum Gasteiger partial charge on any atom is -0.481 e. The molecule has 2 heterocycles. The number of aliphatic hydroxyl groups excluding tert-OH is 1. The van der Waals surface area contributed by atoms with E-state index in [1.54, 1.807) is 24.0 Å². The van der Waals surface area contributed by atoms with E-state index in [0.717, 1.165) is 0 Å². The van der Waals surface area contributed by atoms with Crippen molar-refractivity contribution in [1.29, 1.82) is 0 Å². The van der Waals surface area contributed by atoms with E-state index in [2.05, 4.69) is 0 Å². The fourth-order valence-corrected chi connectivity index (χ4v) is 2.53. The number of carbonyl (C=O) groups is 2. The first-order valence-corrected chi connectivity index (χ1v) is 6.23. The standard InChI is InChI=1S/C13H17NO5/c1-8(15)12-10(4-5-11(16)17)14(13(12)18)7-9-3-2-6-19-9/h2-3,6,8,10,12,15H,4-5,7H2,1H3,(H,16,17). The van der Waals surface area contributed by atoms with Crippen LogP contribution in [0.15, 0.2) is 22.8 Å². The molecule has 1 aliphatic rings. The number of hydrogen-bond donors (Lipinski definition) is 2. The van der Waals surface area contributed by atoms with Gasteiger partial charge in [0.25, 0.3) is 0 Å². The van der Waals surface area contributed by atoms with Crippen molar-refractivity contribution < 1.29 is 24.2 Å². The molecule has 0 aliphatic carbocycles. The molecule has 104 valence electrons. The van der Waals surface area contributed by atoms with Gasteiger partial charge in [0.05, 0.1) is 24.8 Å². The van der Waals surface area contributed by atoms with Gasteiger partial charge in [-0.3, -0.25) is 9.59 Å². The average Bonchev–Trinajstić information content (AvgIpc) is 2.82. The predicted molar refractivity (Wildman–Crippen MR) is 65.1 cm³/mol. The van der Waals surface area contributed by atoms with Gasteiger partial charge in [-0.2, -0.15) is 0 Å². The molecule has 0 radical (unpaired) electrons. The maximum atomic E-state index is 12.0. The average molecular weight is 267 g/mol. The molecule has 1 aliphatic heterocycles. The summed E-state index contributed by atoms with van der Waals surface area (Å²) in [5.74, 6) is -0.907. The third kappa shape index (κ3) is 2.78. The van der Waals surface area contributed by atoms with Crippen LogP contribution in [0.3, 0.4) is 0 Å². The Morgan fingerprint density at radius 3 is 2.84 bits per heavy atom. The Balaban J connectivity index is 2.03. The summed E-state index contributed by atoms with van der Waals surface area (Å²) in [6.07, 6.45) is 1.09. The molecular formula is C13H17NO5. The van der Waals surface area contributed by atoms with Gasteiger partial charge in [0.15, 0.2) is 0 Å². The second-order valence-corrected chi connectivity index (χ2v) is 4.81. The molecule has 6 heteroatoms. The van der Waals surface area contributed by atoms with Crippen molar-refractivity contribution in [2.24, 2.45) is 5.92 Å². The minimum atomic E-state index is -0.901. The summed E-state index contributed by atoms with van der Waals surface area (Å²) >= 11 is 0. The predicted octanol–water partition coefficient (Wildman–Crippen LogP) is 0.852. The quantitative estimate of drug-likeness (QED) is 0.746. The largest absolute Gasteiger partial charge is 0.481 e. The molecular weight excluding hydrogens is 250 g/mol. The smallest absolute Gasteiger partial charge is 0.303 e. The fraction of sp³-hybridized carbons (Fsp3) is 0.538. The van der Waals surface area contributed by atoms with Crippen molar-refractivity contribution in [3.05, 3.63) is 24.2 Å². The summed E-state index contributed by atoms with van der Waals surface area (Å²) in [5, 5.41) is 18.3. The Kier molecular flexibility index (Phi) is 3.90. The van der Waals surface area contributed by atoms with Crippen LogP contribution in [0.25, 0.3) is 0 Å². The van der Waals surface area contributed by atoms with Crippen LogP contribution in [-0.2, 0) is 16.1 Å². The van der Waals surface area contributed by atoms with Crippen molar-refractivity contribution in [3.8, 4) is 0 Å². The normalized spacial score (nSPS) is 24.1. The molecule has 2 rings (SSSR count).